The molecule has 0 aliphatic carbocycles. The molecular weight excluding hydrogens is 156 g/mol. The van der Waals surface area contributed by atoms with Crippen LogP contribution in [0.3, 0.4) is 0 Å². The number of hydrogen-bond donors (Lipinski definition) is 2. The van der Waals surface area contributed by atoms with Crippen molar-refractivity contribution in [3.8, 4) is 5.75 Å². The molecule has 0 unspecified atom stereocenters. The van der Waals surface area contributed by atoms with E-state index in [-0.39, 0.29) is 11.4 Å². The zero-order valence-corrected chi connectivity index (χ0v) is 6.96. The Balaban J connectivity index is 3.49. The minimum Gasteiger partial charge on any atom is -0.506 e. The van der Waals surface area contributed by atoms with Crippen molar-refractivity contribution in [2.24, 2.45) is 5.18 Å². The number of rotatable bonds is 1. The SMILES string of the molecule is Cc1c(N=O)cc(O)c(N)c1C. The molecule has 4 heteroatoms. The van der Waals surface area contributed by atoms with Gasteiger partial charge in [-0.25, -0.2) is 0 Å². The third kappa shape index (κ3) is 1.11. The summed E-state index contributed by atoms with van der Waals surface area (Å²) in [6, 6.07) is 1.27. The van der Waals surface area contributed by atoms with E-state index in [1.807, 2.05) is 0 Å². The van der Waals surface area contributed by atoms with Gasteiger partial charge in [-0.05, 0) is 30.2 Å². The van der Waals surface area contributed by atoms with Gasteiger partial charge in [-0.1, -0.05) is 0 Å². The average Bonchev–Trinajstić information content (AvgIpc) is 2.08. The number of anilines is 1. The standard InChI is InChI=1S/C8H10N2O2/c1-4-5(2)8(9)7(11)3-6(4)10-12/h3,11H,9H2,1-2H3. The monoisotopic (exact) mass is 166 g/mol. The lowest BCUT2D eigenvalue weighted by Crippen LogP contribution is -1.93. The zero-order chi connectivity index (χ0) is 9.30. The van der Waals surface area contributed by atoms with Gasteiger partial charge in [0.1, 0.15) is 11.4 Å². The summed E-state index contributed by atoms with van der Waals surface area (Å²) in [5.74, 6) is -0.0901. The lowest BCUT2D eigenvalue weighted by Gasteiger charge is -2.07. The number of phenols is 1. The van der Waals surface area contributed by atoms with Crippen LogP contribution >= 0.6 is 0 Å². The number of nitrogens with two attached hydrogens (primary N) is 1. The summed E-state index contributed by atoms with van der Waals surface area (Å²) in [7, 11) is 0. The summed E-state index contributed by atoms with van der Waals surface area (Å²) in [6.07, 6.45) is 0. The van der Waals surface area contributed by atoms with Crippen LogP contribution in [0.2, 0.25) is 0 Å². The Hall–Kier alpha value is -1.58. The second kappa shape index (κ2) is 2.81. The highest BCUT2D eigenvalue weighted by Gasteiger charge is 2.09. The first-order chi connectivity index (χ1) is 5.57. The summed E-state index contributed by atoms with van der Waals surface area (Å²) in [5.41, 5.74) is 7.46. The van der Waals surface area contributed by atoms with Crippen LogP contribution in [-0.2, 0) is 0 Å². The molecule has 0 atom stereocenters. The molecule has 0 aliphatic heterocycles. The molecule has 0 saturated carbocycles. The molecule has 0 saturated heterocycles. The van der Waals surface area contributed by atoms with Crippen molar-refractivity contribution in [3.05, 3.63) is 22.1 Å². The molecule has 0 spiro atoms. The largest absolute Gasteiger partial charge is 0.506 e. The lowest BCUT2D eigenvalue weighted by atomic mass is 10.1. The molecule has 0 fully saturated rings. The summed E-state index contributed by atoms with van der Waals surface area (Å²) >= 11 is 0. The number of benzene rings is 1. The van der Waals surface area contributed by atoms with E-state index < -0.39 is 0 Å². The Kier molecular flexibility index (Phi) is 1.99. The number of nitroso groups, excluding NO2 is 1. The maximum atomic E-state index is 10.2. The van der Waals surface area contributed by atoms with Crippen molar-refractivity contribution in [2.75, 3.05) is 5.73 Å². The molecule has 4 nitrogen and oxygen atoms in total. The minimum absolute atomic E-state index is 0.0901. The molecule has 1 aromatic carbocycles. The van der Waals surface area contributed by atoms with Crippen LogP contribution in [0.15, 0.2) is 11.2 Å². The van der Waals surface area contributed by atoms with Gasteiger partial charge in [-0.3, -0.25) is 0 Å². The van der Waals surface area contributed by atoms with E-state index in [0.29, 0.717) is 16.8 Å². The van der Waals surface area contributed by atoms with Crippen molar-refractivity contribution >= 4 is 11.4 Å². The first kappa shape index (κ1) is 8.52. The molecule has 0 aliphatic rings. The number of hydrogen-bond acceptors (Lipinski definition) is 4. The summed E-state index contributed by atoms with van der Waals surface area (Å²) in [4.78, 5) is 10.2. The third-order valence-corrected chi connectivity index (χ3v) is 2.00. The van der Waals surface area contributed by atoms with Gasteiger partial charge in [0.2, 0.25) is 0 Å². The molecule has 0 heterocycles. The quantitative estimate of drug-likeness (QED) is 0.380. The first-order valence-corrected chi connectivity index (χ1v) is 3.50. The predicted molar refractivity (Wildman–Crippen MR) is 47.4 cm³/mol. The Labute approximate surface area is 70.0 Å². The second-order valence-corrected chi connectivity index (χ2v) is 2.67. The van der Waals surface area contributed by atoms with Gasteiger partial charge in [0.15, 0.2) is 0 Å². The Morgan fingerprint density at radius 1 is 1.42 bits per heavy atom. The van der Waals surface area contributed by atoms with Crippen LogP contribution in [0.5, 0.6) is 5.75 Å². The van der Waals surface area contributed by atoms with E-state index in [9.17, 15) is 10.0 Å². The van der Waals surface area contributed by atoms with Crippen LogP contribution in [0, 0.1) is 18.8 Å². The van der Waals surface area contributed by atoms with Crippen molar-refractivity contribution in [1.29, 1.82) is 0 Å². The average molecular weight is 166 g/mol. The van der Waals surface area contributed by atoms with Crippen LogP contribution in [-0.4, -0.2) is 5.11 Å². The van der Waals surface area contributed by atoms with E-state index >= 15 is 0 Å². The predicted octanol–water partition coefficient (Wildman–Crippen LogP) is 1.99. The molecule has 0 bridgehead atoms. The van der Waals surface area contributed by atoms with E-state index in [0.717, 1.165) is 0 Å². The summed E-state index contributed by atoms with van der Waals surface area (Å²) in [5, 5.41) is 12.0. The van der Waals surface area contributed by atoms with Gasteiger partial charge in [0.05, 0.1) is 5.69 Å². The third-order valence-electron chi connectivity index (χ3n) is 2.00. The number of phenolic OH excluding ortho intramolecular Hbond substituents is 1. The van der Waals surface area contributed by atoms with Crippen LogP contribution in [0.25, 0.3) is 0 Å². The van der Waals surface area contributed by atoms with Crippen LogP contribution in [0.4, 0.5) is 11.4 Å². The topological polar surface area (TPSA) is 75.7 Å². The van der Waals surface area contributed by atoms with Crippen molar-refractivity contribution in [2.45, 2.75) is 13.8 Å². The Bertz CT molecular complexity index is 334. The summed E-state index contributed by atoms with van der Waals surface area (Å²) in [6.45, 7) is 3.47. The fraction of sp³-hybridized carbons (Fsp3) is 0.250. The van der Waals surface area contributed by atoms with E-state index in [4.69, 9.17) is 5.73 Å². The van der Waals surface area contributed by atoms with E-state index in [2.05, 4.69) is 5.18 Å². The van der Waals surface area contributed by atoms with Crippen LogP contribution in [0.1, 0.15) is 11.1 Å². The molecule has 0 radical (unpaired) electrons. The molecule has 0 amide bonds. The highest BCUT2D eigenvalue weighted by atomic mass is 16.3. The first-order valence-electron chi connectivity index (χ1n) is 3.50. The lowest BCUT2D eigenvalue weighted by molar-refractivity contribution is 0.477. The maximum absolute atomic E-state index is 10.2. The van der Waals surface area contributed by atoms with Crippen molar-refractivity contribution in [1.82, 2.24) is 0 Å². The van der Waals surface area contributed by atoms with Crippen molar-refractivity contribution < 1.29 is 5.11 Å². The molecular formula is C8H10N2O2. The smallest absolute Gasteiger partial charge is 0.141 e. The molecule has 12 heavy (non-hydrogen) atoms. The Morgan fingerprint density at radius 3 is 2.50 bits per heavy atom. The number of nitrogen functional groups attached to an aromatic ring is 1. The van der Waals surface area contributed by atoms with Crippen molar-refractivity contribution in [3.63, 3.8) is 0 Å². The summed E-state index contributed by atoms with van der Waals surface area (Å²) < 4.78 is 0. The van der Waals surface area contributed by atoms with Gasteiger partial charge in [-0.15, -0.1) is 4.91 Å². The minimum atomic E-state index is -0.0901. The highest BCUT2D eigenvalue weighted by Crippen LogP contribution is 2.33. The number of aromatic hydroxyl groups is 1. The zero-order valence-electron chi connectivity index (χ0n) is 6.96. The second-order valence-electron chi connectivity index (χ2n) is 2.67. The molecule has 1 rings (SSSR count). The number of nitrogens with zero attached hydrogens (tertiary/aromatic N) is 1. The maximum Gasteiger partial charge on any atom is 0.141 e. The molecule has 0 aromatic heterocycles. The van der Waals surface area contributed by atoms with E-state index in [1.165, 1.54) is 6.07 Å². The van der Waals surface area contributed by atoms with Gasteiger partial charge in [0.25, 0.3) is 0 Å². The van der Waals surface area contributed by atoms with Gasteiger partial charge in [0, 0.05) is 6.07 Å². The fourth-order valence-corrected chi connectivity index (χ4v) is 0.997. The molecule has 3 N–H and O–H groups in total. The highest BCUT2D eigenvalue weighted by molar-refractivity contribution is 5.67. The van der Waals surface area contributed by atoms with E-state index in [1.54, 1.807) is 13.8 Å². The van der Waals surface area contributed by atoms with Gasteiger partial charge in [-0.2, -0.15) is 0 Å². The molecule has 64 valence electrons. The molecule has 1 aromatic rings. The normalized spacial score (nSPS) is 9.83. The van der Waals surface area contributed by atoms with Crippen LogP contribution < -0.4 is 5.73 Å². The van der Waals surface area contributed by atoms with Gasteiger partial charge < -0.3 is 10.8 Å². The fourth-order valence-electron chi connectivity index (χ4n) is 0.997. The Morgan fingerprint density at radius 2 is 2.00 bits per heavy atom. The van der Waals surface area contributed by atoms with Gasteiger partial charge >= 0.3 is 0 Å².